The van der Waals surface area contributed by atoms with Gasteiger partial charge in [-0.05, 0) is 76.3 Å². The van der Waals surface area contributed by atoms with E-state index in [1.165, 1.54) is 19.2 Å². The summed E-state index contributed by atoms with van der Waals surface area (Å²) in [6, 6.07) is -0.154. The molecule has 2 aromatic rings. The van der Waals surface area contributed by atoms with Crippen molar-refractivity contribution in [1.82, 2.24) is 25.2 Å². The van der Waals surface area contributed by atoms with E-state index in [2.05, 4.69) is 20.3 Å². The molecule has 3 aliphatic heterocycles. The summed E-state index contributed by atoms with van der Waals surface area (Å²) in [5.41, 5.74) is -3.95. The molecular weight excluding hydrogens is 869 g/mol. The first-order valence-corrected chi connectivity index (χ1v) is 23.3. The number of benzene rings is 1. The number of ether oxygens (including phenoxy) is 4. The van der Waals surface area contributed by atoms with Gasteiger partial charge in [-0.1, -0.05) is 32.4 Å². The lowest BCUT2D eigenvalue weighted by molar-refractivity contribution is -0.244. The molecule has 0 radical (unpaired) electrons. The molecule has 21 heteroatoms. The molecular formula is C43H56F4N6O10S. The molecule has 16 nitrogen and oxygen atoms in total. The number of aromatic nitrogens is 1. The second-order valence-electron chi connectivity index (χ2n) is 18.0. The predicted octanol–water partition coefficient (Wildman–Crippen LogP) is 4.89. The number of halogens is 4. The average Bonchev–Trinajstić information content (AvgIpc) is 4.17. The highest BCUT2D eigenvalue weighted by Crippen LogP contribution is 2.46. The first kappa shape index (κ1) is 47.1. The van der Waals surface area contributed by atoms with E-state index >= 15 is 9.18 Å². The molecule has 352 valence electrons. The molecule has 4 heterocycles. The van der Waals surface area contributed by atoms with E-state index in [0.717, 1.165) is 4.90 Å². The molecule has 0 unspecified atom stereocenters. The Morgan fingerprint density at radius 3 is 2.45 bits per heavy atom. The molecule has 0 spiro atoms. The molecule has 4 amide bonds. The van der Waals surface area contributed by atoms with Gasteiger partial charge in [-0.2, -0.15) is 13.2 Å². The summed E-state index contributed by atoms with van der Waals surface area (Å²) < 4.78 is 107. The zero-order valence-corrected chi connectivity index (χ0v) is 37.3. The number of allylic oxidation sites excluding steroid dienone is 1. The number of carbonyl (C=O) groups is 4. The van der Waals surface area contributed by atoms with Crippen molar-refractivity contribution >= 4 is 50.3 Å². The SMILES string of the molecule is CC[C@@H]1C[C@H](C)CC/C=C\[C@@H]2C[C@@]2(C(=O)NS(=O)(=O)C2CC2)NC(=O)[C@@H]2C[C@@H](Oc3ncc(N4CCOCC4)c4cc(OC)c(F)cc34)CN2C(=O)[C@H]1NC(=O)OC(C)(C)C(F)(F)F. The fourth-order valence-corrected chi connectivity index (χ4v) is 10.2. The number of alkyl carbamates (subject to hydrolysis) is 1. The van der Waals surface area contributed by atoms with Gasteiger partial charge in [0.2, 0.25) is 33.3 Å². The number of methoxy groups -OCH3 is 1. The number of sulfonamides is 1. The summed E-state index contributed by atoms with van der Waals surface area (Å²) in [5, 5.41) is 5.27. The topological polar surface area (TPSA) is 195 Å². The molecule has 7 rings (SSSR count). The number of pyridine rings is 1. The molecule has 2 saturated carbocycles. The van der Waals surface area contributed by atoms with Crippen molar-refractivity contribution < 1.29 is 64.1 Å². The van der Waals surface area contributed by atoms with Crippen LogP contribution in [0.4, 0.5) is 28.0 Å². The van der Waals surface area contributed by atoms with Crippen LogP contribution in [0.5, 0.6) is 11.6 Å². The van der Waals surface area contributed by atoms with Gasteiger partial charge in [0.15, 0.2) is 11.6 Å². The van der Waals surface area contributed by atoms with Crippen LogP contribution in [0.2, 0.25) is 0 Å². The Morgan fingerprint density at radius 2 is 1.80 bits per heavy atom. The van der Waals surface area contributed by atoms with Crippen LogP contribution < -0.4 is 29.7 Å². The molecule has 4 fully saturated rings. The minimum Gasteiger partial charge on any atom is -0.494 e. The van der Waals surface area contributed by atoms with E-state index in [1.807, 2.05) is 17.9 Å². The molecule has 1 aromatic heterocycles. The summed E-state index contributed by atoms with van der Waals surface area (Å²) in [7, 11) is -2.69. The number of anilines is 1. The maximum absolute atomic E-state index is 15.4. The molecule has 2 saturated heterocycles. The maximum Gasteiger partial charge on any atom is 0.427 e. The number of morpholine rings is 1. The predicted molar refractivity (Wildman–Crippen MR) is 224 cm³/mol. The number of amides is 4. The van der Waals surface area contributed by atoms with Crippen molar-refractivity contribution in [3.8, 4) is 11.6 Å². The van der Waals surface area contributed by atoms with Crippen LogP contribution >= 0.6 is 0 Å². The molecule has 2 aliphatic carbocycles. The zero-order chi connectivity index (χ0) is 46.4. The van der Waals surface area contributed by atoms with Crippen LogP contribution in [0.3, 0.4) is 0 Å². The Balaban J connectivity index is 1.26. The van der Waals surface area contributed by atoms with E-state index in [0.29, 0.717) is 89.7 Å². The number of fused-ring (bicyclic) bond motifs is 3. The Labute approximate surface area is 369 Å². The smallest absolute Gasteiger partial charge is 0.427 e. The van der Waals surface area contributed by atoms with Crippen molar-refractivity contribution in [3.05, 3.63) is 36.3 Å². The largest absolute Gasteiger partial charge is 0.494 e. The van der Waals surface area contributed by atoms with E-state index in [1.54, 1.807) is 19.2 Å². The number of alkyl halides is 3. The number of carbonyl (C=O) groups excluding carboxylic acids is 4. The minimum atomic E-state index is -4.95. The van der Waals surface area contributed by atoms with Gasteiger partial charge in [0.25, 0.3) is 5.91 Å². The quantitative estimate of drug-likeness (QED) is 0.216. The monoisotopic (exact) mass is 924 g/mol. The van der Waals surface area contributed by atoms with Crippen molar-refractivity contribution in [2.45, 2.75) is 120 Å². The normalized spacial score (nSPS) is 28.8. The van der Waals surface area contributed by atoms with Gasteiger partial charge < -0.3 is 39.4 Å². The van der Waals surface area contributed by atoms with Gasteiger partial charge in [0.05, 0.1) is 44.0 Å². The lowest BCUT2D eigenvalue weighted by Gasteiger charge is -2.35. The van der Waals surface area contributed by atoms with Gasteiger partial charge in [0.1, 0.15) is 23.7 Å². The Bertz CT molecular complexity index is 2270. The molecule has 3 N–H and O–H groups in total. The van der Waals surface area contributed by atoms with Crippen molar-refractivity contribution in [2.24, 2.45) is 17.8 Å². The van der Waals surface area contributed by atoms with Crippen molar-refractivity contribution in [2.75, 3.05) is 44.9 Å². The third-order valence-corrected chi connectivity index (χ3v) is 14.8. The number of nitrogens with zero attached hydrogens (tertiary/aromatic N) is 3. The Hall–Kier alpha value is -4.92. The van der Waals surface area contributed by atoms with Gasteiger partial charge >= 0.3 is 12.3 Å². The van der Waals surface area contributed by atoms with E-state index in [4.69, 9.17) is 18.9 Å². The van der Waals surface area contributed by atoms with Crippen LogP contribution in [0, 0.1) is 23.6 Å². The fourth-order valence-electron chi connectivity index (χ4n) is 8.83. The summed E-state index contributed by atoms with van der Waals surface area (Å²) >= 11 is 0. The summed E-state index contributed by atoms with van der Waals surface area (Å²) in [4.78, 5) is 64.7. The summed E-state index contributed by atoms with van der Waals surface area (Å²) in [5.74, 6) is -4.63. The summed E-state index contributed by atoms with van der Waals surface area (Å²) in [6.45, 7) is 6.73. The highest BCUT2D eigenvalue weighted by Gasteiger charge is 2.62. The number of hydrogen-bond donors (Lipinski definition) is 3. The highest BCUT2D eigenvalue weighted by molar-refractivity contribution is 7.91. The number of rotatable bonds is 10. The number of hydrogen-bond acceptors (Lipinski definition) is 12. The second kappa shape index (κ2) is 18.2. The zero-order valence-electron chi connectivity index (χ0n) is 36.5. The second-order valence-corrected chi connectivity index (χ2v) is 20.0. The van der Waals surface area contributed by atoms with Crippen LogP contribution in [-0.2, 0) is 33.9 Å². The van der Waals surface area contributed by atoms with E-state index < -0.39 is 92.2 Å². The Kier molecular flexibility index (Phi) is 13.4. The minimum absolute atomic E-state index is 0.0280. The summed E-state index contributed by atoms with van der Waals surface area (Å²) in [6.07, 6.45) is 0.116. The Morgan fingerprint density at radius 1 is 1.08 bits per heavy atom. The van der Waals surface area contributed by atoms with E-state index in [-0.39, 0.29) is 42.3 Å². The first-order valence-electron chi connectivity index (χ1n) is 21.7. The van der Waals surface area contributed by atoms with E-state index in [9.17, 15) is 36.0 Å². The first-order chi connectivity index (χ1) is 30.2. The van der Waals surface area contributed by atoms with Gasteiger partial charge in [-0.3, -0.25) is 19.1 Å². The van der Waals surface area contributed by atoms with Crippen LogP contribution in [0.15, 0.2) is 30.5 Å². The van der Waals surface area contributed by atoms with Crippen molar-refractivity contribution in [3.63, 3.8) is 0 Å². The highest BCUT2D eigenvalue weighted by atomic mass is 32.2. The van der Waals surface area contributed by atoms with Gasteiger partial charge in [-0.25, -0.2) is 22.6 Å². The standard InChI is InChI=1S/C43H56F4N6O10S/c1-6-25-17-24(2)9-7-8-10-26-21-42(26,39(56)51-64(58,59)28-11-12-28)50-36(54)32-18-27(23-53(32)38(55)35(25)49-40(57)63-41(3,4)43(45,46)47)62-37-30-19-31(44)34(60-5)20-29(30)33(22-48-37)52-13-15-61-16-14-52/h8,10,19-20,22,24-28,32,35H,6-7,9,11-18,21,23H2,1-5H3,(H,49,57)(H,50,54)(H,51,56)/b10-8-/t24-,25-,26-,27-,32+,35+,42-/m1/s1. The molecule has 1 aromatic carbocycles. The lowest BCUT2D eigenvalue weighted by atomic mass is 9.85. The third-order valence-electron chi connectivity index (χ3n) is 13.0. The molecule has 0 bridgehead atoms. The van der Waals surface area contributed by atoms with Crippen LogP contribution in [-0.4, -0.2) is 123 Å². The van der Waals surface area contributed by atoms with Crippen molar-refractivity contribution in [1.29, 1.82) is 0 Å². The number of nitrogens with one attached hydrogen (secondary N) is 3. The fraction of sp³-hybridized carbons (Fsp3) is 0.651. The van der Waals surface area contributed by atoms with Crippen LogP contribution in [0.1, 0.15) is 79.1 Å². The molecule has 64 heavy (non-hydrogen) atoms. The van der Waals surface area contributed by atoms with Gasteiger partial charge in [0, 0.05) is 36.2 Å². The van der Waals surface area contributed by atoms with Gasteiger partial charge in [-0.15, -0.1) is 0 Å². The van der Waals surface area contributed by atoms with Crippen LogP contribution in [0.25, 0.3) is 10.8 Å². The average molecular weight is 925 g/mol. The molecule has 7 atom stereocenters. The molecule has 5 aliphatic rings. The lowest BCUT2D eigenvalue weighted by Crippen LogP contribution is -2.59. The third kappa shape index (κ3) is 9.84. The maximum atomic E-state index is 15.4.